The summed E-state index contributed by atoms with van der Waals surface area (Å²) in [5.41, 5.74) is 1.18. The van der Waals surface area contributed by atoms with Crippen molar-refractivity contribution in [3.63, 3.8) is 0 Å². The Balaban J connectivity index is 2.40. The summed E-state index contributed by atoms with van der Waals surface area (Å²) in [4.78, 5) is 0. The van der Waals surface area contributed by atoms with Crippen LogP contribution in [0.4, 0.5) is 0 Å². The highest BCUT2D eigenvalue weighted by Gasteiger charge is 2.04. The molecule has 3 heteroatoms. The number of ether oxygens (including phenoxy) is 2. The standard InChI is InChI=1S/C11H12O2S/c1-8-9-5-6-14-11(9)4-3-10(8)13-7-12-2/h3-6H,7H2,1-2H3. The van der Waals surface area contributed by atoms with Crippen LogP contribution in [0.15, 0.2) is 23.6 Å². The first-order valence-electron chi connectivity index (χ1n) is 4.41. The molecule has 2 nitrogen and oxygen atoms in total. The maximum atomic E-state index is 5.45. The Labute approximate surface area is 87.1 Å². The van der Waals surface area contributed by atoms with Crippen molar-refractivity contribution in [2.45, 2.75) is 6.92 Å². The van der Waals surface area contributed by atoms with Crippen molar-refractivity contribution in [3.8, 4) is 5.75 Å². The van der Waals surface area contributed by atoms with Crippen LogP contribution in [0.5, 0.6) is 5.75 Å². The second kappa shape index (κ2) is 3.98. The van der Waals surface area contributed by atoms with E-state index in [1.165, 1.54) is 15.6 Å². The van der Waals surface area contributed by atoms with Crippen LogP contribution in [-0.4, -0.2) is 13.9 Å². The van der Waals surface area contributed by atoms with Crippen LogP contribution in [-0.2, 0) is 4.74 Å². The Kier molecular flexibility index (Phi) is 2.70. The monoisotopic (exact) mass is 208 g/mol. The zero-order valence-corrected chi connectivity index (χ0v) is 9.06. The third-order valence-electron chi connectivity index (χ3n) is 2.19. The van der Waals surface area contributed by atoms with Crippen LogP contribution in [0.3, 0.4) is 0 Å². The fourth-order valence-electron chi connectivity index (χ4n) is 1.45. The lowest BCUT2D eigenvalue weighted by molar-refractivity contribution is 0.0507. The van der Waals surface area contributed by atoms with Crippen molar-refractivity contribution >= 4 is 21.4 Å². The minimum absolute atomic E-state index is 0.302. The SMILES string of the molecule is COCOc1ccc2sccc2c1C. The van der Waals surface area contributed by atoms with E-state index in [1.54, 1.807) is 18.4 Å². The first-order valence-corrected chi connectivity index (χ1v) is 5.29. The van der Waals surface area contributed by atoms with Crippen molar-refractivity contribution in [2.75, 3.05) is 13.9 Å². The predicted octanol–water partition coefficient (Wildman–Crippen LogP) is 3.19. The third kappa shape index (κ3) is 1.61. The number of hydrogen-bond donors (Lipinski definition) is 0. The van der Waals surface area contributed by atoms with Gasteiger partial charge in [0.15, 0.2) is 6.79 Å². The van der Waals surface area contributed by atoms with Crippen LogP contribution in [0.2, 0.25) is 0 Å². The van der Waals surface area contributed by atoms with Gasteiger partial charge in [-0.15, -0.1) is 11.3 Å². The Morgan fingerprint density at radius 1 is 1.29 bits per heavy atom. The topological polar surface area (TPSA) is 18.5 Å². The summed E-state index contributed by atoms with van der Waals surface area (Å²) in [5.74, 6) is 0.901. The van der Waals surface area contributed by atoms with Crippen molar-refractivity contribution in [2.24, 2.45) is 0 Å². The van der Waals surface area contributed by atoms with Crippen molar-refractivity contribution < 1.29 is 9.47 Å². The van der Waals surface area contributed by atoms with Crippen molar-refractivity contribution in [1.29, 1.82) is 0 Å². The Morgan fingerprint density at radius 2 is 2.14 bits per heavy atom. The van der Waals surface area contributed by atoms with Gasteiger partial charge >= 0.3 is 0 Å². The minimum atomic E-state index is 0.302. The van der Waals surface area contributed by atoms with Gasteiger partial charge in [0.2, 0.25) is 0 Å². The molecule has 0 N–H and O–H groups in total. The molecule has 2 rings (SSSR count). The molecule has 0 saturated carbocycles. The highest BCUT2D eigenvalue weighted by atomic mass is 32.1. The fourth-order valence-corrected chi connectivity index (χ4v) is 2.29. The summed E-state index contributed by atoms with van der Waals surface area (Å²) in [6, 6.07) is 6.19. The van der Waals surface area contributed by atoms with Crippen molar-refractivity contribution in [3.05, 3.63) is 29.1 Å². The van der Waals surface area contributed by atoms with Gasteiger partial charge in [0.1, 0.15) is 5.75 Å². The van der Waals surface area contributed by atoms with Gasteiger partial charge in [0.25, 0.3) is 0 Å². The van der Waals surface area contributed by atoms with Gasteiger partial charge in [0.05, 0.1) is 0 Å². The zero-order chi connectivity index (χ0) is 9.97. The number of fused-ring (bicyclic) bond motifs is 1. The van der Waals surface area contributed by atoms with Crippen LogP contribution < -0.4 is 4.74 Å². The van der Waals surface area contributed by atoms with Crippen LogP contribution in [0.25, 0.3) is 10.1 Å². The molecule has 0 aliphatic carbocycles. The van der Waals surface area contributed by atoms with Gasteiger partial charge in [-0.2, -0.15) is 0 Å². The maximum Gasteiger partial charge on any atom is 0.188 e. The summed E-state index contributed by atoms with van der Waals surface area (Å²) >= 11 is 1.75. The largest absolute Gasteiger partial charge is 0.467 e. The molecule has 0 saturated heterocycles. The quantitative estimate of drug-likeness (QED) is 0.721. The van der Waals surface area contributed by atoms with E-state index in [0.29, 0.717) is 6.79 Å². The van der Waals surface area contributed by atoms with Crippen LogP contribution >= 0.6 is 11.3 Å². The van der Waals surface area contributed by atoms with Crippen LogP contribution in [0, 0.1) is 6.92 Å². The Hall–Kier alpha value is -1.06. The first-order chi connectivity index (χ1) is 6.83. The molecule has 0 fully saturated rings. The van der Waals surface area contributed by atoms with E-state index in [0.717, 1.165) is 5.75 Å². The number of aryl methyl sites for hydroxylation is 1. The lowest BCUT2D eigenvalue weighted by Gasteiger charge is -2.08. The van der Waals surface area contributed by atoms with Gasteiger partial charge < -0.3 is 9.47 Å². The van der Waals surface area contributed by atoms with Gasteiger partial charge in [-0.3, -0.25) is 0 Å². The molecule has 1 heterocycles. The molecule has 0 bridgehead atoms. The number of hydrogen-bond acceptors (Lipinski definition) is 3. The second-order valence-corrected chi connectivity index (χ2v) is 4.02. The van der Waals surface area contributed by atoms with Gasteiger partial charge in [-0.25, -0.2) is 0 Å². The number of benzene rings is 1. The number of methoxy groups -OCH3 is 1. The van der Waals surface area contributed by atoms with E-state index >= 15 is 0 Å². The van der Waals surface area contributed by atoms with Crippen molar-refractivity contribution in [1.82, 2.24) is 0 Å². The predicted molar refractivity (Wildman–Crippen MR) is 59.1 cm³/mol. The molecule has 0 aliphatic heterocycles. The number of thiophene rings is 1. The van der Waals surface area contributed by atoms with E-state index in [1.807, 2.05) is 6.07 Å². The highest BCUT2D eigenvalue weighted by molar-refractivity contribution is 7.17. The second-order valence-electron chi connectivity index (χ2n) is 3.07. The van der Waals surface area contributed by atoms with Gasteiger partial charge in [-0.1, -0.05) is 0 Å². The lowest BCUT2D eigenvalue weighted by atomic mass is 10.1. The smallest absolute Gasteiger partial charge is 0.188 e. The van der Waals surface area contributed by atoms with Crippen LogP contribution in [0.1, 0.15) is 5.56 Å². The molecule has 0 spiro atoms. The average molecular weight is 208 g/mol. The van der Waals surface area contributed by atoms with Gasteiger partial charge in [0, 0.05) is 11.8 Å². The zero-order valence-electron chi connectivity index (χ0n) is 8.24. The van der Waals surface area contributed by atoms with Gasteiger partial charge in [-0.05, 0) is 41.5 Å². The molecule has 2 aromatic rings. The number of rotatable bonds is 3. The van der Waals surface area contributed by atoms with E-state index in [2.05, 4.69) is 24.4 Å². The van der Waals surface area contributed by atoms with E-state index < -0.39 is 0 Å². The normalized spacial score (nSPS) is 10.7. The minimum Gasteiger partial charge on any atom is -0.467 e. The third-order valence-corrected chi connectivity index (χ3v) is 3.07. The summed E-state index contributed by atoms with van der Waals surface area (Å²) in [6.45, 7) is 2.37. The van der Waals surface area contributed by atoms with E-state index in [9.17, 15) is 0 Å². The molecule has 1 aromatic carbocycles. The maximum absolute atomic E-state index is 5.45. The highest BCUT2D eigenvalue weighted by Crippen LogP contribution is 2.30. The molecule has 74 valence electrons. The molecule has 14 heavy (non-hydrogen) atoms. The van der Waals surface area contributed by atoms with E-state index in [4.69, 9.17) is 9.47 Å². The molecule has 0 amide bonds. The molecule has 0 atom stereocenters. The molecule has 0 radical (unpaired) electrons. The molecule has 0 aliphatic rings. The molecular formula is C11H12O2S. The molecule has 1 aromatic heterocycles. The summed E-state index contributed by atoms with van der Waals surface area (Å²) in [6.07, 6.45) is 0. The summed E-state index contributed by atoms with van der Waals surface area (Å²) < 4.78 is 11.6. The molecule has 0 unspecified atom stereocenters. The average Bonchev–Trinajstić information content (AvgIpc) is 2.66. The summed E-state index contributed by atoms with van der Waals surface area (Å²) in [5, 5.41) is 3.36. The first kappa shape index (κ1) is 9.49. The lowest BCUT2D eigenvalue weighted by Crippen LogP contribution is -2.00. The summed E-state index contributed by atoms with van der Waals surface area (Å²) in [7, 11) is 1.62. The van der Waals surface area contributed by atoms with E-state index in [-0.39, 0.29) is 0 Å². The Morgan fingerprint density at radius 3 is 2.93 bits per heavy atom. The fraction of sp³-hybridized carbons (Fsp3) is 0.273. The molecular weight excluding hydrogens is 196 g/mol. The Bertz CT molecular complexity index is 434.